The van der Waals surface area contributed by atoms with Gasteiger partial charge in [-0.15, -0.1) is 21.5 Å². The zero-order valence-corrected chi connectivity index (χ0v) is 14.3. The van der Waals surface area contributed by atoms with Gasteiger partial charge in [-0.05, 0) is 17.5 Å². The first kappa shape index (κ1) is 17.4. The van der Waals surface area contributed by atoms with Crippen LogP contribution in [0.4, 0.5) is 13.2 Å². The molecule has 0 N–H and O–H groups in total. The van der Waals surface area contributed by atoms with E-state index < -0.39 is 17.3 Å². The number of hydrogen-bond donors (Lipinski definition) is 0. The van der Waals surface area contributed by atoms with Crippen LogP contribution in [0.1, 0.15) is 22.9 Å². The molecule has 0 saturated carbocycles. The summed E-state index contributed by atoms with van der Waals surface area (Å²) < 4.78 is 45.3. The molecule has 0 amide bonds. The number of aromatic nitrogens is 3. The average molecular weight is 382 g/mol. The second-order valence-corrected chi connectivity index (χ2v) is 6.74. The topological polar surface area (TPSA) is 75.6 Å². The molecule has 25 heavy (non-hydrogen) atoms. The standard InChI is InChI=1S/C15H9F3N4OS2/c1-8-21-22-13(23-8)7-25-14-9(6-19)10(15(16,17)18)5-11(20-14)12-3-2-4-24-12/h2-5H,7H2,1H3. The van der Waals surface area contributed by atoms with E-state index in [-0.39, 0.29) is 22.4 Å². The summed E-state index contributed by atoms with van der Waals surface area (Å²) in [5.74, 6) is 0.726. The number of thiophene rings is 1. The number of nitrogens with zero attached hydrogens (tertiary/aromatic N) is 4. The van der Waals surface area contributed by atoms with Crippen molar-refractivity contribution in [2.45, 2.75) is 23.9 Å². The highest BCUT2D eigenvalue weighted by Crippen LogP contribution is 2.39. The van der Waals surface area contributed by atoms with E-state index in [1.807, 2.05) is 0 Å². The first-order valence-electron chi connectivity index (χ1n) is 6.86. The molecule has 3 aromatic rings. The first-order chi connectivity index (χ1) is 11.9. The van der Waals surface area contributed by atoms with Crippen LogP contribution in [0.5, 0.6) is 0 Å². The molecule has 0 aromatic carbocycles. The zero-order valence-electron chi connectivity index (χ0n) is 12.7. The van der Waals surface area contributed by atoms with E-state index in [1.165, 1.54) is 11.3 Å². The van der Waals surface area contributed by atoms with Gasteiger partial charge in [-0.3, -0.25) is 0 Å². The Labute approximate surface area is 148 Å². The van der Waals surface area contributed by atoms with E-state index in [9.17, 15) is 18.4 Å². The van der Waals surface area contributed by atoms with E-state index in [4.69, 9.17) is 4.42 Å². The third kappa shape index (κ3) is 3.83. The summed E-state index contributed by atoms with van der Waals surface area (Å²) in [6, 6.07) is 5.93. The van der Waals surface area contributed by atoms with Crippen molar-refractivity contribution in [1.29, 1.82) is 5.26 Å². The van der Waals surface area contributed by atoms with Crippen LogP contribution < -0.4 is 0 Å². The minimum absolute atomic E-state index is 0.0171. The molecule has 5 nitrogen and oxygen atoms in total. The third-order valence-corrected chi connectivity index (χ3v) is 4.93. The number of halogens is 3. The van der Waals surface area contributed by atoms with E-state index >= 15 is 0 Å². The summed E-state index contributed by atoms with van der Waals surface area (Å²) in [5.41, 5.74) is -1.34. The predicted octanol–water partition coefficient (Wildman–Crippen LogP) is 4.68. The Hall–Kier alpha value is -2.38. The van der Waals surface area contributed by atoms with Crippen molar-refractivity contribution in [3.8, 4) is 16.6 Å². The largest absolute Gasteiger partial charge is 0.425 e. The number of nitriles is 1. The summed E-state index contributed by atoms with van der Waals surface area (Å²) in [6.07, 6.45) is -4.66. The Morgan fingerprint density at radius 2 is 2.16 bits per heavy atom. The molecular weight excluding hydrogens is 373 g/mol. The molecule has 128 valence electrons. The van der Waals surface area contributed by atoms with Crippen molar-refractivity contribution in [1.82, 2.24) is 15.2 Å². The van der Waals surface area contributed by atoms with E-state index in [0.717, 1.165) is 17.8 Å². The molecule has 3 rings (SSSR count). The first-order valence-corrected chi connectivity index (χ1v) is 8.73. The third-order valence-electron chi connectivity index (χ3n) is 3.08. The van der Waals surface area contributed by atoms with E-state index in [2.05, 4.69) is 15.2 Å². The van der Waals surface area contributed by atoms with Gasteiger partial charge in [0.2, 0.25) is 11.8 Å². The van der Waals surface area contributed by atoms with Gasteiger partial charge < -0.3 is 4.42 Å². The van der Waals surface area contributed by atoms with Gasteiger partial charge in [0.05, 0.1) is 27.5 Å². The quantitative estimate of drug-likeness (QED) is 0.610. The minimum atomic E-state index is -4.66. The van der Waals surface area contributed by atoms with Crippen LogP contribution in [0.25, 0.3) is 10.6 Å². The fourth-order valence-electron chi connectivity index (χ4n) is 2.03. The Morgan fingerprint density at radius 1 is 1.36 bits per heavy atom. The highest BCUT2D eigenvalue weighted by atomic mass is 32.2. The van der Waals surface area contributed by atoms with Crippen molar-refractivity contribution in [3.05, 3.63) is 46.5 Å². The van der Waals surface area contributed by atoms with E-state index in [0.29, 0.717) is 10.8 Å². The Bertz CT molecular complexity index is 929. The van der Waals surface area contributed by atoms with Gasteiger partial charge in [-0.2, -0.15) is 18.4 Å². The molecule has 0 spiro atoms. The van der Waals surface area contributed by atoms with Gasteiger partial charge in [0.25, 0.3) is 0 Å². The van der Waals surface area contributed by atoms with Crippen molar-refractivity contribution >= 4 is 23.1 Å². The molecule has 0 fully saturated rings. The summed E-state index contributed by atoms with van der Waals surface area (Å²) in [7, 11) is 0. The fourth-order valence-corrected chi connectivity index (χ4v) is 3.56. The van der Waals surface area contributed by atoms with E-state index in [1.54, 1.807) is 30.5 Å². The fraction of sp³-hybridized carbons (Fsp3) is 0.200. The van der Waals surface area contributed by atoms with Crippen LogP contribution in [0.15, 0.2) is 33.0 Å². The molecule has 0 radical (unpaired) electrons. The smallest absolute Gasteiger partial charge is 0.417 e. The van der Waals surface area contributed by atoms with Crippen molar-refractivity contribution in [3.63, 3.8) is 0 Å². The van der Waals surface area contributed by atoms with Crippen LogP contribution in [0.2, 0.25) is 0 Å². The maximum atomic E-state index is 13.4. The average Bonchev–Trinajstić information content (AvgIpc) is 3.22. The molecule has 0 atom stereocenters. The predicted molar refractivity (Wildman–Crippen MR) is 85.9 cm³/mol. The summed E-state index contributed by atoms with van der Waals surface area (Å²) >= 11 is 2.23. The van der Waals surface area contributed by atoms with Gasteiger partial charge in [-0.1, -0.05) is 17.8 Å². The number of hydrogen-bond acceptors (Lipinski definition) is 7. The van der Waals surface area contributed by atoms with Crippen molar-refractivity contribution < 1.29 is 17.6 Å². The van der Waals surface area contributed by atoms with Crippen molar-refractivity contribution in [2.75, 3.05) is 0 Å². The normalized spacial score (nSPS) is 11.5. The highest BCUT2D eigenvalue weighted by Gasteiger charge is 2.36. The molecule has 0 aliphatic heterocycles. The van der Waals surface area contributed by atoms with Crippen LogP contribution in [0, 0.1) is 18.3 Å². The zero-order chi connectivity index (χ0) is 18.0. The molecular formula is C15H9F3N4OS2. The summed E-state index contributed by atoms with van der Waals surface area (Å²) in [6.45, 7) is 1.61. The van der Waals surface area contributed by atoms with Crippen LogP contribution >= 0.6 is 23.1 Å². The van der Waals surface area contributed by atoms with Gasteiger partial charge in [0.15, 0.2) is 0 Å². The van der Waals surface area contributed by atoms with Crippen LogP contribution in [-0.2, 0) is 11.9 Å². The number of alkyl halides is 3. The molecule has 0 bridgehead atoms. The van der Waals surface area contributed by atoms with Crippen LogP contribution in [-0.4, -0.2) is 15.2 Å². The summed E-state index contributed by atoms with van der Waals surface area (Å²) in [5, 5.41) is 18.4. The lowest BCUT2D eigenvalue weighted by molar-refractivity contribution is -0.138. The maximum Gasteiger partial charge on any atom is 0.417 e. The second kappa shape index (κ2) is 6.85. The number of aryl methyl sites for hydroxylation is 1. The van der Waals surface area contributed by atoms with Gasteiger partial charge in [0.1, 0.15) is 11.1 Å². The molecule has 10 heteroatoms. The SMILES string of the molecule is Cc1nnc(CSc2nc(-c3cccs3)cc(C(F)(F)F)c2C#N)o1. The maximum absolute atomic E-state index is 13.4. The monoisotopic (exact) mass is 382 g/mol. The highest BCUT2D eigenvalue weighted by molar-refractivity contribution is 7.98. The molecule has 0 aliphatic carbocycles. The lowest BCUT2D eigenvalue weighted by Crippen LogP contribution is -2.10. The second-order valence-electron chi connectivity index (χ2n) is 4.83. The minimum Gasteiger partial charge on any atom is -0.425 e. The molecule has 0 aliphatic rings. The van der Waals surface area contributed by atoms with Crippen LogP contribution in [0.3, 0.4) is 0 Å². The van der Waals surface area contributed by atoms with Gasteiger partial charge >= 0.3 is 6.18 Å². The van der Waals surface area contributed by atoms with Crippen molar-refractivity contribution in [2.24, 2.45) is 0 Å². The molecule has 0 unspecified atom stereocenters. The van der Waals surface area contributed by atoms with Gasteiger partial charge in [-0.25, -0.2) is 4.98 Å². The molecule has 3 heterocycles. The number of pyridine rings is 1. The summed E-state index contributed by atoms with van der Waals surface area (Å²) in [4.78, 5) is 4.83. The van der Waals surface area contributed by atoms with Gasteiger partial charge in [0, 0.05) is 6.92 Å². The molecule has 3 aromatic heterocycles. The lowest BCUT2D eigenvalue weighted by atomic mass is 10.1. The number of thioether (sulfide) groups is 1. The molecule has 0 saturated heterocycles. The Balaban J connectivity index is 2.05. The Morgan fingerprint density at radius 3 is 2.72 bits per heavy atom. The Kier molecular flexibility index (Phi) is 4.78. The lowest BCUT2D eigenvalue weighted by Gasteiger charge is -2.13. The number of rotatable bonds is 4.